The molecule has 1 heterocycles. The molecule has 94 valence electrons. The summed E-state index contributed by atoms with van der Waals surface area (Å²) in [4.78, 5) is 4.09. The zero-order chi connectivity index (χ0) is 12.8. The Labute approximate surface area is 108 Å². The summed E-state index contributed by atoms with van der Waals surface area (Å²) in [5, 5.41) is 3.42. The van der Waals surface area contributed by atoms with Crippen LogP contribution in [0.4, 0.5) is 5.69 Å². The highest BCUT2D eigenvalue weighted by molar-refractivity contribution is 5.42. The third-order valence-electron chi connectivity index (χ3n) is 2.79. The van der Waals surface area contributed by atoms with Gasteiger partial charge in [0.15, 0.2) is 0 Å². The second-order valence-corrected chi connectivity index (χ2v) is 4.30. The number of pyridine rings is 1. The second-order valence-electron chi connectivity index (χ2n) is 4.30. The first-order chi connectivity index (χ1) is 8.79. The molecule has 0 radical (unpaired) electrons. The second kappa shape index (κ2) is 6.05. The van der Waals surface area contributed by atoms with Crippen LogP contribution in [0.2, 0.25) is 0 Å². The van der Waals surface area contributed by atoms with Crippen LogP contribution in [-0.4, -0.2) is 18.1 Å². The van der Waals surface area contributed by atoms with E-state index in [0.29, 0.717) is 6.04 Å². The number of ether oxygens (including phenoxy) is 1. The number of rotatable bonds is 5. The molecule has 0 fully saturated rings. The summed E-state index contributed by atoms with van der Waals surface area (Å²) >= 11 is 0. The minimum Gasteiger partial charge on any atom is -0.496 e. The van der Waals surface area contributed by atoms with Crippen molar-refractivity contribution in [3.8, 4) is 5.75 Å². The van der Waals surface area contributed by atoms with E-state index in [2.05, 4.69) is 23.3 Å². The molecule has 0 aliphatic rings. The number of aromatic nitrogens is 1. The molecule has 1 unspecified atom stereocenters. The number of hydrogen-bond acceptors (Lipinski definition) is 3. The number of benzene rings is 1. The van der Waals surface area contributed by atoms with Crippen LogP contribution in [0.5, 0.6) is 5.75 Å². The van der Waals surface area contributed by atoms with Crippen LogP contribution < -0.4 is 10.1 Å². The van der Waals surface area contributed by atoms with E-state index in [1.807, 2.05) is 36.5 Å². The first kappa shape index (κ1) is 12.4. The average Bonchev–Trinajstić information content (AvgIpc) is 2.40. The van der Waals surface area contributed by atoms with E-state index in [4.69, 9.17) is 4.74 Å². The molecule has 0 spiro atoms. The van der Waals surface area contributed by atoms with Crippen molar-refractivity contribution in [3.63, 3.8) is 0 Å². The van der Waals surface area contributed by atoms with E-state index < -0.39 is 0 Å². The molecule has 18 heavy (non-hydrogen) atoms. The highest BCUT2D eigenvalue weighted by Gasteiger charge is 2.07. The predicted molar refractivity (Wildman–Crippen MR) is 74.0 cm³/mol. The first-order valence-corrected chi connectivity index (χ1v) is 6.08. The molecule has 2 aromatic rings. The maximum atomic E-state index is 5.36. The van der Waals surface area contributed by atoms with Crippen molar-refractivity contribution < 1.29 is 4.74 Å². The Kier molecular flexibility index (Phi) is 4.18. The van der Waals surface area contributed by atoms with Crippen molar-refractivity contribution in [1.29, 1.82) is 0 Å². The standard InChI is InChI=1S/C15H18N2O/c1-12(17-14-7-5-9-16-11-14)10-13-6-3-4-8-15(13)18-2/h3-9,11-12,17H,10H2,1-2H3. The van der Waals surface area contributed by atoms with Crippen LogP contribution in [0.1, 0.15) is 12.5 Å². The van der Waals surface area contributed by atoms with Gasteiger partial charge in [-0.3, -0.25) is 4.98 Å². The van der Waals surface area contributed by atoms with E-state index in [1.54, 1.807) is 13.3 Å². The normalized spacial score (nSPS) is 11.9. The van der Waals surface area contributed by atoms with Crippen molar-refractivity contribution in [2.75, 3.05) is 12.4 Å². The number of para-hydroxylation sites is 1. The minimum atomic E-state index is 0.325. The van der Waals surface area contributed by atoms with Gasteiger partial charge < -0.3 is 10.1 Å². The molecule has 3 nitrogen and oxygen atoms in total. The molecule has 0 saturated heterocycles. The lowest BCUT2D eigenvalue weighted by molar-refractivity contribution is 0.409. The van der Waals surface area contributed by atoms with E-state index in [1.165, 1.54) is 5.56 Å². The van der Waals surface area contributed by atoms with E-state index in [0.717, 1.165) is 17.9 Å². The molecule has 0 saturated carbocycles. The van der Waals surface area contributed by atoms with Gasteiger partial charge in [-0.1, -0.05) is 18.2 Å². The quantitative estimate of drug-likeness (QED) is 0.874. The maximum Gasteiger partial charge on any atom is 0.122 e. The number of anilines is 1. The van der Waals surface area contributed by atoms with Crippen LogP contribution in [0, 0.1) is 0 Å². The largest absolute Gasteiger partial charge is 0.496 e. The van der Waals surface area contributed by atoms with Crippen molar-refractivity contribution in [1.82, 2.24) is 4.98 Å². The monoisotopic (exact) mass is 242 g/mol. The summed E-state index contributed by atoms with van der Waals surface area (Å²) in [7, 11) is 1.71. The van der Waals surface area contributed by atoms with E-state index in [9.17, 15) is 0 Å². The fourth-order valence-corrected chi connectivity index (χ4v) is 1.99. The molecule has 0 aliphatic carbocycles. The van der Waals surface area contributed by atoms with Gasteiger partial charge in [0.05, 0.1) is 12.8 Å². The summed E-state index contributed by atoms with van der Waals surface area (Å²) in [6, 6.07) is 12.4. The summed E-state index contributed by atoms with van der Waals surface area (Å²) in [5.41, 5.74) is 2.25. The highest BCUT2D eigenvalue weighted by Crippen LogP contribution is 2.20. The van der Waals surface area contributed by atoms with E-state index in [-0.39, 0.29) is 0 Å². The van der Waals surface area contributed by atoms with Gasteiger partial charge in [-0.25, -0.2) is 0 Å². The Balaban J connectivity index is 2.01. The number of hydrogen-bond donors (Lipinski definition) is 1. The molecule has 3 heteroatoms. The maximum absolute atomic E-state index is 5.36. The van der Waals surface area contributed by atoms with Gasteiger partial charge in [0.25, 0.3) is 0 Å². The van der Waals surface area contributed by atoms with Crippen LogP contribution in [-0.2, 0) is 6.42 Å². The van der Waals surface area contributed by atoms with Gasteiger partial charge in [-0.05, 0) is 37.1 Å². The van der Waals surface area contributed by atoms with Crippen LogP contribution in [0.3, 0.4) is 0 Å². The number of nitrogens with one attached hydrogen (secondary N) is 1. The lowest BCUT2D eigenvalue weighted by Gasteiger charge is -2.16. The Morgan fingerprint density at radius 2 is 2.06 bits per heavy atom. The number of methoxy groups -OCH3 is 1. The van der Waals surface area contributed by atoms with Gasteiger partial charge >= 0.3 is 0 Å². The van der Waals surface area contributed by atoms with Crippen molar-refractivity contribution >= 4 is 5.69 Å². The molecule has 0 aliphatic heterocycles. The van der Waals surface area contributed by atoms with Gasteiger partial charge in [-0.2, -0.15) is 0 Å². The molecule has 1 aromatic heterocycles. The first-order valence-electron chi connectivity index (χ1n) is 6.08. The van der Waals surface area contributed by atoms with E-state index >= 15 is 0 Å². The third kappa shape index (κ3) is 3.23. The molecular weight excluding hydrogens is 224 g/mol. The Hall–Kier alpha value is -2.03. The molecule has 1 atom stereocenters. The van der Waals surface area contributed by atoms with Crippen molar-refractivity contribution in [2.45, 2.75) is 19.4 Å². The zero-order valence-electron chi connectivity index (χ0n) is 10.8. The summed E-state index contributed by atoms with van der Waals surface area (Å²) in [5.74, 6) is 0.942. The molecule has 2 rings (SSSR count). The summed E-state index contributed by atoms with van der Waals surface area (Å²) in [6.07, 6.45) is 4.52. The van der Waals surface area contributed by atoms with Crippen molar-refractivity contribution in [3.05, 3.63) is 54.4 Å². The molecule has 0 amide bonds. The Morgan fingerprint density at radius 3 is 2.78 bits per heavy atom. The van der Waals surface area contributed by atoms with Crippen molar-refractivity contribution in [2.24, 2.45) is 0 Å². The molecule has 1 N–H and O–H groups in total. The van der Waals surface area contributed by atoms with Crippen LogP contribution in [0.25, 0.3) is 0 Å². The minimum absolute atomic E-state index is 0.325. The lowest BCUT2D eigenvalue weighted by atomic mass is 10.1. The highest BCUT2D eigenvalue weighted by atomic mass is 16.5. The third-order valence-corrected chi connectivity index (χ3v) is 2.79. The van der Waals surface area contributed by atoms with Gasteiger partial charge in [-0.15, -0.1) is 0 Å². The average molecular weight is 242 g/mol. The van der Waals surface area contributed by atoms with Gasteiger partial charge in [0.1, 0.15) is 5.75 Å². The summed E-state index contributed by atoms with van der Waals surface area (Å²) in [6.45, 7) is 2.15. The predicted octanol–water partition coefficient (Wildman–Crippen LogP) is 3.13. The molecule has 0 bridgehead atoms. The zero-order valence-corrected chi connectivity index (χ0v) is 10.8. The van der Waals surface area contributed by atoms with Crippen LogP contribution in [0.15, 0.2) is 48.8 Å². The molecule has 1 aromatic carbocycles. The molecular formula is C15H18N2O. The SMILES string of the molecule is COc1ccccc1CC(C)Nc1cccnc1. The summed E-state index contributed by atoms with van der Waals surface area (Å²) < 4.78 is 5.36. The fourth-order valence-electron chi connectivity index (χ4n) is 1.99. The van der Waals surface area contributed by atoms with Crippen LogP contribution >= 0.6 is 0 Å². The fraction of sp³-hybridized carbons (Fsp3) is 0.267. The van der Waals surface area contributed by atoms with Gasteiger partial charge in [0.2, 0.25) is 0 Å². The smallest absolute Gasteiger partial charge is 0.122 e. The topological polar surface area (TPSA) is 34.1 Å². The van der Waals surface area contributed by atoms with Gasteiger partial charge in [0, 0.05) is 18.4 Å². The Morgan fingerprint density at radius 1 is 1.22 bits per heavy atom. The Bertz CT molecular complexity index is 485. The number of nitrogens with zero attached hydrogens (tertiary/aromatic N) is 1. The lowest BCUT2D eigenvalue weighted by Crippen LogP contribution is -2.18.